The molecule has 0 fully saturated rings. The zero-order valence-corrected chi connectivity index (χ0v) is 11.8. The van der Waals surface area contributed by atoms with E-state index in [-0.39, 0.29) is 10.8 Å². The normalized spacial score (nSPS) is 11.1. The predicted molar refractivity (Wildman–Crippen MR) is 74.8 cm³/mol. The SMILES string of the molecule is COc1ccc(Oc2ncccc2S(C)(=O)=O)c(N)c1. The Hall–Kier alpha value is -2.28. The van der Waals surface area contributed by atoms with Gasteiger partial charge in [-0.15, -0.1) is 0 Å². The quantitative estimate of drug-likeness (QED) is 0.865. The zero-order valence-electron chi connectivity index (χ0n) is 11.0. The summed E-state index contributed by atoms with van der Waals surface area (Å²) in [6, 6.07) is 7.79. The van der Waals surface area contributed by atoms with Crippen LogP contribution in [0.15, 0.2) is 41.4 Å². The molecule has 6 nitrogen and oxygen atoms in total. The number of benzene rings is 1. The number of methoxy groups -OCH3 is 1. The summed E-state index contributed by atoms with van der Waals surface area (Å²) in [7, 11) is -1.91. The van der Waals surface area contributed by atoms with E-state index < -0.39 is 9.84 Å². The van der Waals surface area contributed by atoms with Crippen molar-refractivity contribution in [3.63, 3.8) is 0 Å². The van der Waals surface area contributed by atoms with Crippen molar-refractivity contribution in [1.82, 2.24) is 4.98 Å². The first-order valence-corrected chi connectivity index (χ1v) is 7.57. The van der Waals surface area contributed by atoms with Crippen molar-refractivity contribution < 1.29 is 17.9 Å². The highest BCUT2D eigenvalue weighted by Gasteiger charge is 2.16. The standard InChI is InChI=1S/C13H14N2O4S/c1-18-9-5-6-11(10(14)8-9)19-13-12(20(2,16)17)4-3-7-15-13/h3-8H,14H2,1-2H3. The second kappa shape index (κ2) is 5.38. The molecule has 1 aromatic heterocycles. The summed E-state index contributed by atoms with van der Waals surface area (Å²) in [5.41, 5.74) is 6.15. The van der Waals surface area contributed by atoms with Crippen LogP contribution in [-0.2, 0) is 9.84 Å². The molecule has 0 unspecified atom stereocenters. The minimum absolute atomic E-state index is 0.00753. The number of hydrogen-bond acceptors (Lipinski definition) is 6. The molecule has 2 rings (SSSR count). The number of aromatic nitrogens is 1. The number of hydrogen-bond donors (Lipinski definition) is 1. The number of nitrogens with two attached hydrogens (primary N) is 1. The van der Waals surface area contributed by atoms with Crippen molar-refractivity contribution in [2.75, 3.05) is 19.1 Å². The van der Waals surface area contributed by atoms with Crippen molar-refractivity contribution in [3.8, 4) is 17.4 Å². The van der Waals surface area contributed by atoms with Gasteiger partial charge in [0, 0.05) is 18.5 Å². The summed E-state index contributed by atoms with van der Waals surface area (Å²) in [6.07, 6.45) is 2.54. The molecule has 1 aromatic carbocycles. The van der Waals surface area contributed by atoms with Gasteiger partial charge in [-0.05, 0) is 24.3 Å². The minimum Gasteiger partial charge on any atom is -0.497 e. The third-order valence-electron chi connectivity index (χ3n) is 2.56. The van der Waals surface area contributed by atoms with E-state index in [0.29, 0.717) is 17.2 Å². The Kier molecular flexibility index (Phi) is 3.80. The molecule has 2 N–H and O–H groups in total. The monoisotopic (exact) mass is 294 g/mol. The van der Waals surface area contributed by atoms with E-state index >= 15 is 0 Å². The Bertz CT molecular complexity index is 729. The van der Waals surface area contributed by atoms with Crippen LogP contribution in [0.2, 0.25) is 0 Å². The average molecular weight is 294 g/mol. The summed E-state index contributed by atoms with van der Waals surface area (Å²) in [6.45, 7) is 0. The highest BCUT2D eigenvalue weighted by Crippen LogP contribution is 2.32. The van der Waals surface area contributed by atoms with Crippen LogP contribution in [0.3, 0.4) is 0 Å². The Morgan fingerprint density at radius 2 is 2.00 bits per heavy atom. The molecular weight excluding hydrogens is 280 g/mol. The number of ether oxygens (including phenoxy) is 2. The van der Waals surface area contributed by atoms with Crippen LogP contribution in [0, 0.1) is 0 Å². The topological polar surface area (TPSA) is 91.5 Å². The van der Waals surface area contributed by atoms with Crippen molar-refractivity contribution in [2.45, 2.75) is 4.90 Å². The molecular formula is C13H14N2O4S. The maximum Gasteiger partial charge on any atom is 0.238 e. The van der Waals surface area contributed by atoms with Crippen LogP contribution in [-0.4, -0.2) is 26.8 Å². The van der Waals surface area contributed by atoms with Crippen molar-refractivity contribution >= 4 is 15.5 Å². The highest BCUT2D eigenvalue weighted by molar-refractivity contribution is 7.90. The van der Waals surface area contributed by atoms with Crippen LogP contribution in [0.4, 0.5) is 5.69 Å². The summed E-state index contributed by atoms with van der Waals surface area (Å²) >= 11 is 0. The van der Waals surface area contributed by atoms with Gasteiger partial charge in [0.15, 0.2) is 15.6 Å². The lowest BCUT2D eigenvalue weighted by Crippen LogP contribution is -2.02. The van der Waals surface area contributed by atoms with Crippen LogP contribution >= 0.6 is 0 Å². The fraction of sp³-hybridized carbons (Fsp3) is 0.154. The third-order valence-corrected chi connectivity index (χ3v) is 3.67. The largest absolute Gasteiger partial charge is 0.497 e. The fourth-order valence-electron chi connectivity index (χ4n) is 1.59. The molecule has 0 amide bonds. The number of anilines is 1. The predicted octanol–water partition coefficient (Wildman–Crippen LogP) is 1.87. The van der Waals surface area contributed by atoms with Crippen LogP contribution in [0.1, 0.15) is 0 Å². The van der Waals surface area contributed by atoms with Gasteiger partial charge in [-0.3, -0.25) is 0 Å². The molecule has 20 heavy (non-hydrogen) atoms. The third kappa shape index (κ3) is 3.00. The molecule has 1 heterocycles. The zero-order chi connectivity index (χ0) is 14.8. The van der Waals surface area contributed by atoms with Gasteiger partial charge in [-0.2, -0.15) is 0 Å². The van der Waals surface area contributed by atoms with E-state index in [2.05, 4.69) is 4.98 Å². The molecule has 0 atom stereocenters. The first kappa shape index (κ1) is 14.1. The van der Waals surface area contributed by atoms with E-state index in [1.807, 2.05) is 0 Å². The molecule has 2 aromatic rings. The molecule has 0 aliphatic carbocycles. The van der Waals surface area contributed by atoms with Gasteiger partial charge in [0.25, 0.3) is 0 Å². The first-order valence-electron chi connectivity index (χ1n) is 5.68. The van der Waals surface area contributed by atoms with Gasteiger partial charge >= 0.3 is 0 Å². The summed E-state index contributed by atoms with van der Waals surface area (Å²) in [5, 5.41) is 0. The Labute approximate surface area is 117 Å². The fourth-order valence-corrected chi connectivity index (χ4v) is 2.32. The lowest BCUT2D eigenvalue weighted by Gasteiger charge is -2.11. The van der Waals surface area contributed by atoms with E-state index in [1.165, 1.54) is 25.4 Å². The smallest absolute Gasteiger partial charge is 0.238 e. The van der Waals surface area contributed by atoms with Gasteiger partial charge in [0.05, 0.1) is 12.8 Å². The van der Waals surface area contributed by atoms with E-state index in [9.17, 15) is 8.42 Å². The van der Waals surface area contributed by atoms with Crippen molar-refractivity contribution in [3.05, 3.63) is 36.5 Å². The van der Waals surface area contributed by atoms with Gasteiger partial charge in [0.2, 0.25) is 5.88 Å². The summed E-state index contributed by atoms with van der Waals surface area (Å²) in [4.78, 5) is 3.95. The Morgan fingerprint density at radius 1 is 1.25 bits per heavy atom. The average Bonchev–Trinajstić information content (AvgIpc) is 2.40. The number of rotatable bonds is 4. The summed E-state index contributed by atoms with van der Waals surface area (Å²) in [5.74, 6) is 0.889. The molecule has 106 valence electrons. The van der Waals surface area contributed by atoms with Crippen LogP contribution in [0.5, 0.6) is 17.4 Å². The van der Waals surface area contributed by atoms with Gasteiger partial charge in [-0.25, -0.2) is 13.4 Å². The highest BCUT2D eigenvalue weighted by atomic mass is 32.2. The molecule has 0 bridgehead atoms. The van der Waals surface area contributed by atoms with Crippen molar-refractivity contribution in [2.24, 2.45) is 0 Å². The van der Waals surface area contributed by atoms with Crippen LogP contribution in [0.25, 0.3) is 0 Å². The summed E-state index contributed by atoms with van der Waals surface area (Å²) < 4.78 is 33.8. The van der Waals surface area contributed by atoms with E-state index in [0.717, 1.165) is 6.26 Å². The molecule has 0 aliphatic rings. The van der Waals surface area contributed by atoms with Crippen molar-refractivity contribution in [1.29, 1.82) is 0 Å². The molecule has 0 spiro atoms. The minimum atomic E-state index is -3.43. The molecule has 0 radical (unpaired) electrons. The number of nitrogen functional groups attached to an aromatic ring is 1. The maximum absolute atomic E-state index is 11.7. The van der Waals surface area contributed by atoms with Gasteiger partial charge in [-0.1, -0.05) is 0 Å². The number of sulfone groups is 1. The van der Waals surface area contributed by atoms with Gasteiger partial charge in [0.1, 0.15) is 10.6 Å². The molecule has 0 aliphatic heterocycles. The van der Waals surface area contributed by atoms with E-state index in [4.69, 9.17) is 15.2 Å². The molecule has 0 saturated heterocycles. The Morgan fingerprint density at radius 3 is 2.60 bits per heavy atom. The molecule has 0 saturated carbocycles. The lowest BCUT2D eigenvalue weighted by atomic mass is 10.3. The Balaban J connectivity index is 2.41. The van der Waals surface area contributed by atoms with Gasteiger partial charge < -0.3 is 15.2 Å². The number of nitrogens with zero attached hydrogens (tertiary/aromatic N) is 1. The molecule has 7 heteroatoms. The van der Waals surface area contributed by atoms with Crippen LogP contribution < -0.4 is 15.2 Å². The second-order valence-corrected chi connectivity index (χ2v) is 6.07. The van der Waals surface area contributed by atoms with E-state index in [1.54, 1.807) is 18.2 Å². The lowest BCUT2D eigenvalue weighted by molar-refractivity contribution is 0.412. The first-order chi connectivity index (χ1) is 9.41. The maximum atomic E-state index is 11.7. The second-order valence-electron chi connectivity index (χ2n) is 4.08. The number of pyridine rings is 1.